The predicted octanol–water partition coefficient (Wildman–Crippen LogP) is 2.87. The summed E-state index contributed by atoms with van der Waals surface area (Å²) in [6.45, 7) is 0. The standard InChI is InChI=1S/C16H13N3OS/c17-15(20)10-21-16-8-7-14(18-19-16)13-6-5-11-3-1-2-4-12(11)9-13/h1-9H,10H2,(H2,17,20). The molecule has 1 amide bonds. The maximum atomic E-state index is 10.7. The van der Waals surface area contributed by atoms with E-state index < -0.39 is 0 Å². The molecule has 3 rings (SSSR count). The van der Waals surface area contributed by atoms with Crippen LogP contribution in [0.4, 0.5) is 0 Å². The average molecular weight is 295 g/mol. The molecule has 5 heteroatoms. The van der Waals surface area contributed by atoms with E-state index in [9.17, 15) is 4.79 Å². The zero-order valence-electron chi connectivity index (χ0n) is 11.2. The number of carbonyl (C=O) groups is 1. The van der Waals surface area contributed by atoms with Crippen LogP contribution in [0, 0.1) is 0 Å². The van der Waals surface area contributed by atoms with Crippen molar-refractivity contribution in [3.8, 4) is 11.3 Å². The zero-order chi connectivity index (χ0) is 14.7. The van der Waals surface area contributed by atoms with E-state index in [2.05, 4.69) is 34.5 Å². The molecular weight excluding hydrogens is 282 g/mol. The van der Waals surface area contributed by atoms with Gasteiger partial charge in [-0.25, -0.2) is 0 Å². The summed E-state index contributed by atoms with van der Waals surface area (Å²) >= 11 is 1.29. The molecule has 0 aliphatic heterocycles. The van der Waals surface area contributed by atoms with E-state index in [1.54, 1.807) is 0 Å². The molecule has 0 atom stereocenters. The van der Waals surface area contributed by atoms with E-state index in [0.29, 0.717) is 5.03 Å². The van der Waals surface area contributed by atoms with Crippen molar-refractivity contribution in [1.29, 1.82) is 0 Å². The first-order valence-corrected chi connectivity index (χ1v) is 7.45. The van der Waals surface area contributed by atoms with E-state index in [1.807, 2.05) is 30.3 Å². The Morgan fingerprint density at radius 2 is 1.81 bits per heavy atom. The fourth-order valence-electron chi connectivity index (χ4n) is 2.04. The first-order chi connectivity index (χ1) is 10.2. The van der Waals surface area contributed by atoms with Gasteiger partial charge in [-0.1, -0.05) is 48.2 Å². The molecule has 2 aromatic carbocycles. The third-order valence-electron chi connectivity index (χ3n) is 3.05. The predicted molar refractivity (Wildman–Crippen MR) is 84.9 cm³/mol. The van der Waals surface area contributed by atoms with Gasteiger partial charge < -0.3 is 5.73 Å². The maximum Gasteiger partial charge on any atom is 0.227 e. The number of hydrogen-bond acceptors (Lipinski definition) is 4. The second kappa shape index (κ2) is 5.93. The summed E-state index contributed by atoms with van der Waals surface area (Å²) in [4.78, 5) is 10.7. The largest absolute Gasteiger partial charge is 0.369 e. The fraction of sp³-hybridized carbons (Fsp3) is 0.0625. The Kier molecular flexibility index (Phi) is 3.83. The summed E-state index contributed by atoms with van der Waals surface area (Å²) < 4.78 is 0. The molecule has 104 valence electrons. The molecule has 0 aliphatic carbocycles. The number of nitrogens with zero attached hydrogens (tertiary/aromatic N) is 2. The molecule has 0 saturated heterocycles. The Hall–Kier alpha value is -2.40. The molecule has 0 radical (unpaired) electrons. The van der Waals surface area contributed by atoms with Gasteiger partial charge in [0.1, 0.15) is 5.03 Å². The third kappa shape index (κ3) is 3.20. The van der Waals surface area contributed by atoms with Crippen LogP contribution in [-0.2, 0) is 4.79 Å². The van der Waals surface area contributed by atoms with Gasteiger partial charge in [0.2, 0.25) is 5.91 Å². The van der Waals surface area contributed by atoms with Crippen molar-refractivity contribution in [2.75, 3.05) is 5.75 Å². The zero-order valence-corrected chi connectivity index (χ0v) is 12.0. The van der Waals surface area contributed by atoms with Crippen LogP contribution in [0.5, 0.6) is 0 Å². The van der Waals surface area contributed by atoms with Gasteiger partial charge in [0.15, 0.2) is 0 Å². The van der Waals surface area contributed by atoms with Crippen LogP contribution in [0.2, 0.25) is 0 Å². The lowest BCUT2D eigenvalue weighted by atomic mass is 10.1. The molecular formula is C16H13N3OS. The number of rotatable bonds is 4. The molecule has 0 bridgehead atoms. The molecule has 1 aromatic heterocycles. The molecule has 21 heavy (non-hydrogen) atoms. The highest BCUT2D eigenvalue weighted by Crippen LogP contribution is 2.23. The van der Waals surface area contributed by atoms with E-state index in [0.717, 1.165) is 11.3 Å². The van der Waals surface area contributed by atoms with Crippen molar-refractivity contribution in [2.24, 2.45) is 5.73 Å². The van der Waals surface area contributed by atoms with Crippen molar-refractivity contribution in [2.45, 2.75) is 5.03 Å². The first kappa shape index (κ1) is 13.6. The van der Waals surface area contributed by atoms with E-state index >= 15 is 0 Å². The smallest absolute Gasteiger partial charge is 0.227 e. The van der Waals surface area contributed by atoms with E-state index in [-0.39, 0.29) is 11.7 Å². The van der Waals surface area contributed by atoms with Gasteiger partial charge in [-0.15, -0.1) is 10.2 Å². The van der Waals surface area contributed by atoms with Crippen LogP contribution < -0.4 is 5.73 Å². The van der Waals surface area contributed by atoms with E-state index in [1.165, 1.54) is 22.5 Å². The van der Waals surface area contributed by atoms with Crippen molar-refractivity contribution in [3.63, 3.8) is 0 Å². The van der Waals surface area contributed by atoms with Crippen LogP contribution in [0.3, 0.4) is 0 Å². The third-order valence-corrected chi connectivity index (χ3v) is 3.99. The quantitative estimate of drug-likeness (QED) is 0.751. The van der Waals surface area contributed by atoms with Gasteiger partial charge in [-0.2, -0.15) is 0 Å². The molecule has 0 unspecified atom stereocenters. The lowest BCUT2D eigenvalue weighted by Gasteiger charge is -2.04. The summed E-state index contributed by atoms with van der Waals surface area (Å²) in [5.41, 5.74) is 6.94. The van der Waals surface area contributed by atoms with Crippen LogP contribution in [0.15, 0.2) is 59.6 Å². The highest BCUT2D eigenvalue weighted by Gasteiger charge is 2.04. The Morgan fingerprint density at radius 1 is 1.00 bits per heavy atom. The van der Waals surface area contributed by atoms with Gasteiger partial charge in [-0.3, -0.25) is 4.79 Å². The van der Waals surface area contributed by atoms with Crippen LogP contribution in [0.1, 0.15) is 0 Å². The lowest BCUT2D eigenvalue weighted by Crippen LogP contribution is -2.13. The number of thioether (sulfide) groups is 1. The summed E-state index contributed by atoms with van der Waals surface area (Å²) in [5, 5.41) is 11.4. The number of benzene rings is 2. The molecule has 0 saturated carbocycles. The molecule has 4 nitrogen and oxygen atoms in total. The SMILES string of the molecule is NC(=O)CSc1ccc(-c2ccc3ccccc3c2)nn1. The molecule has 0 spiro atoms. The van der Waals surface area contributed by atoms with Crippen molar-refractivity contribution >= 4 is 28.4 Å². The second-order valence-electron chi connectivity index (χ2n) is 4.57. The van der Waals surface area contributed by atoms with Gasteiger partial charge in [0.05, 0.1) is 11.4 Å². The van der Waals surface area contributed by atoms with Gasteiger partial charge in [-0.05, 0) is 29.0 Å². The molecule has 0 aliphatic rings. The minimum absolute atomic E-state index is 0.212. The number of amides is 1. The lowest BCUT2D eigenvalue weighted by molar-refractivity contribution is -0.115. The summed E-state index contributed by atoms with van der Waals surface area (Å²) in [7, 11) is 0. The number of nitrogens with two attached hydrogens (primary N) is 1. The van der Waals surface area contributed by atoms with Crippen LogP contribution >= 0.6 is 11.8 Å². The fourth-order valence-corrected chi connectivity index (χ4v) is 2.60. The normalized spacial score (nSPS) is 10.7. The maximum absolute atomic E-state index is 10.7. The van der Waals surface area contributed by atoms with Gasteiger partial charge in [0, 0.05) is 5.56 Å². The number of aromatic nitrogens is 2. The highest BCUT2D eigenvalue weighted by atomic mass is 32.2. The topological polar surface area (TPSA) is 68.9 Å². The minimum atomic E-state index is -0.361. The number of hydrogen-bond donors (Lipinski definition) is 1. The summed E-state index contributed by atoms with van der Waals surface area (Å²) in [6.07, 6.45) is 0. The Balaban J connectivity index is 1.86. The summed E-state index contributed by atoms with van der Waals surface area (Å²) in [5.74, 6) is -0.148. The Labute approximate surface area is 126 Å². The Morgan fingerprint density at radius 3 is 2.52 bits per heavy atom. The number of primary amides is 1. The first-order valence-electron chi connectivity index (χ1n) is 6.46. The molecule has 0 fully saturated rings. The van der Waals surface area contributed by atoms with E-state index in [4.69, 9.17) is 5.73 Å². The molecule has 1 heterocycles. The average Bonchev–Trinajstić information content (AvgIpc) is 2.53. The summed E-state index contributed by atoms with van der Waals surface area (Å²) in [6, 6.07) is 18.1. The second-order valence-corrected chi connectivity index (χ2v) is 5.57. The van der Waals surface area contributed by atoms with Gasteiger partial charge in [0.25, 0.3) is 0 Å². The van der Waals surface area contributed by atoms with Crippen molar-refractivity contribution in [1.82, 2.24) is 10.2 Å². The minimum Gasteiger partial charge on any atom is -0.369 e. The molecule has 3 aromatic rings. The monoisotopic (exact) mass is 295 g/mol. The molecule has 2 N–H and O–H groups in total. The number of fused-ring (bicyclic) bond motifs is 1. The van der Waals surface area contributed by atoms with Gasteiger partial charge >= 0.3 is 0 Å². The van der Waals surface area contributed by atoms with Crippen LogP contribution in [-0.4, -0.2) is 21.9 Å². The number of carbonyl (C=O) groups excluding carboxylic acids is 1. The van der Waals surface area contributed by atoms with Crippen molar-refractivity contribution < 1.29 is 4.79 Å². The van der Waals surface area contributed by atoms with Crippen LogP contribution in [0.25, 0.3) is 22.0 Å². The highest BCUT2D eigenvalue weighted by molar-refractivity contribution is 7.99. The Bertz CT molecular complexity index is 787. The van der Waals surface area contributed by atoms with Crippen molar-refractivity contribution in [3.05, 3.63) is 54.6 Å².